The number of unbranched alkanes of at least 4 members (excludes halogenated alkanes) is 1. The molecule has 9 heteroatoms. The van der Waals surface area contributed by atoms with Crippen molar-refractivity contribution < 1.29 is 28.7 Å². The molecule has 0 bridgehead atoms. The highest BCUT2D eigenvalue weighted by molar-refractivity contribution is 5.80. The second-order valence-electron chi connectivity index (χ2n) is 7.30. The first-order chi connectivity index (χ1) is 12.6. The molecule has 1 rings (SSSR count). The van der Waals surface area contributed by atoms with Gasteiger partial charge in [-0.05, 0) is 33.6 Å². The lowest BCUT2D eigenvalue weighted by molar-refractivity contribution is -0.130. The highest BCUT2D eigenvalue weighted by atomic mass is 16.6. The molecular weight excluding hydrogens is 354 g/mol. The molecule has 0 radical (unpaired) electrons. The number of nitrogens with one attached hydrogen (secondary N) is 3. The van der Waals surface area contributed by atoms with E-state index in [9.17, 15) is 19.2 Å². The van der Waals surface area contributed by atoms with Crippen LogP contribution >= 0.6 is 0 Å². The maximum atomic E-state index is 12.1. The van der Waals surface area contributed by atoms with Gasteiger partial charge >= 0.3 is 6.09 Å². The Balaban J connectivity index is 2.11. The van der Waals surface area contributed by atoms with Crippen molar-refractivity contribution in [2.24, 2.45) is 5.92 Å². The van der Waals surface area contributed by atoms with E-state index in [-0.39, 0.29) is 18.2 Å². The number of hydrogen-bond acceptors (Lipinski definition) is 6. The molecule has 0 saturated carbocycles. The van der Waals surface area contributed by atoms with Crippen LogP contribution in [0.5, 0.6) is 0 Å². The molecule has 27 heavy (non-hydrogen) atoms. The first kappa shape index (κ1) is 22.6. The van der Waals surface area contributed by atoms with Crippen LogP contribution in [0.2, 0.25) is 0 Å². The molecule has 0 aromatic carbocycles. The lowest BCUT2D eigenvalue weighted by Crippen LogP contribution is -2.44. The SMILES string of the molecule is CC(C(=O)NCCCCC(=O)NNC(=O)OC(C)(C)C)C1C=CC(C=O)O1. The molecule has 1 heterocycles. The average Bonchev–Trinajstić information content (AvgIpc) is 3.06. The molecule has 0 saturated heterocycles. The number of ether oxygens (including phenoxy) is 2. The molecule has 1 aliphatic rings. The van der Waals surface area contributed by atoms with Gasteiger partial charge in [-0.1, -0.05) is 19.1 Å². The molecule has 9 nitrogen and oxygen atoms in total. The number of amides is 3. The third kappa shape index (κ3) is 9.18. The summed E-state index contributed by atoms with van der Waals surface area (Å²) in [5.74, 6) is -0.926. The Kier molecular flexibility index (Phi) is 8.93. The monoisotopic (exact) mass is 383 g/mol. The van der Waals surface area contributed by atoms with Crippen molar-refractivity contribution in [2.75, 3.05) is 6.54 Å². The molecule has 3 atom stereocenters. The highest BCUT2D eigenvalue weighted by Crippen LogP contribution is 2.18. The summed E-state index contributed by atoms with van der Waals surface area (Å²) in [6.45, 7) is 7.31. The minimum Gasteiger partial charge on any atom is -0.443 e. The van der Waals surface area contributed by atoms with Crippen molar-refractivity contribution in [1.29, 1.82) is 0 Å². The number of carbonyl (C=O) groups excluding carboxylic acids is 4. The molecule has 0 aromatic rings. The van der Waals surface area contributed by atoms with Gasteiger partial charge in [0.15, 0.2) is 6.29 Å². The molecule has 0 spiro atoms. The van der Waals surface area contributed by atoms with Crippen LogP contribution in [0.15, 0.2) is 12.2 Å². The van der Waals surface area contributed by atoms with Crippen LogP contribution in [-0.4, -0.2) is 48.5 Å². The van der Waals surface area contributed by atoms with E-state index in [2.05, 4.69) is 16.2 Å². The zero-order valence-electron chi connectivity index (χ0n) is 16.2. The molecule has 0 fully saturated rings. The Morgan fingerprint density at radius 1 is 1.19 bits per heavy atom. The lowest BCUT2D eigenvalue weighted by Gasteiger charge is -2.19. The third-order valence-corrected chi connectivity index (χ3v) is 3.68. The zero-order chi connectivity index (χ0) is 20.4. The zero-order valence-corrected chi connectivity index (χ0v) is 16.2. The fraction of sp³-hybridized carbons (Fsp3) is 0.667. The highest BCUT2D eigenvalue weighted by Gasteiger charge is 2.28. The summed E-state index contributed by atoms with van der Waals surface area (Å²) in [6.07, 6.45) is 3.66. The van der Waals surface area contributed by atoms with Crippen molar-refractivity contribution in [1.82, 2.24) is 16.2 Å². The molecule has 0 aliphatic carbocycles. The summed E-state index contributed by atoms with van der Waals surface area (Å²) < 4.78 is 10.4. The Hall–Kier alpha value is -2.42. The Labute approximate surface area is 159 Å². The van der Waals surface area contributed by atoms with Gasteiger partial charge in [0.05, 0.1) is 12.0 Å². The van der Waals surface area contributed by atoms with E-state index in [0.29, 0.717) is 25.7 Å². The van der Waals surface area contributed by atoms with E-state index in [1.165, 1.54) is 0 Å². The first-order valence-electron chi connectivity index (χ1n) is 8.97. The largest absolute Gasteiger partial charge is 0.443 e. The number of rotatable bonds is 8. The maximum Gasteiger partial charge on any atom is 0.426 e. The lowest BCUT2D eigenvalue weighted by atomic mass is 10.0. The van der Waals surface area contributed by atoms with Crippen LogP contribution in [0.25, 0.3) is 0 Å². The average molecular weight is 383 g/mol. The Morgan fingerprint density at radius 3 is 2.48 bits per heavy atom. The number of hydrogen-bond donors (Lipinski definition) is 3. The third-order valence-electron chi connectivity index (χ3n) is 3.68. The van der Waals surface area contributed by atoms with E-state index in [4.69, 9.17) is 9.47 Å². The number of aldehydes is 1. The van der Waals surface area contributed by atoms with Crippen molar-refractivity contribution >= 4 is 24.2 Å². The van der Waals surface area contributed by atoms with Crippen molar-refractivity contribution in [3.63, 3.8) is 0 Å². The van der Waals surface area contributed by atoms with E-state index in [1.54, 1.807) is 39.8 Å². The van der Waals surface area contributed by atoms with Gasteiger partial charge in [0.1, 0.15) is 11.7 Å². The quantitative estimate of drug-likeness (QED) is 0.249. The van der Waals surface area contributed by atoms with Gasteiger partial charge in [-0.3, -0.25) is 15.0 Å². The molecule has 3 N–H and O–H groups in total. The normalized spacial score (nSPS) is 19.9. The summed E-state index contributed by atoms with van der Waals surface area (Å²) in [6, 6.07) is 0. The molecule has 1 aliphatic heterocycles. The summed E-state index contributed by atoms with van der Waals surface area (Å²) in [5, 5.41) is 2.78. The molecule has 152 valence electrons. The molecule has 0 aromatic heterocycles. The Bertz CT molecular complexity index is 570. The van der Waals surface area contributed by atoms with Gasteiger partial charge in [-0.25, -0.2) is 10.2 Å². The molecular formula is C18H29N3O6. The van der Waals surface area contributed by atoms with Gasteiger partial charge in [0.25, 0.3) is 0 Å². The van der Waals surface area contributed by atoms with E-state index in [1.807, 2.05) is 0 Å². The van der Waals surface area contributed by atoms with Gasteiger partial charge in [-0.15, -0.1) is 0 Å². The van der Waals surface area contributed by atoms with Crippen molar-refractivity contribution in [2.45, 2.75) is 64.8 Å². The second kappa shape index (κ2) is 10.7. The van der Waals surface area contributed by atoms with E-state index in [0.717, 1.165) is 0 Å². The summed E-state index contributed by atoms with van der Waals surface area (Å²) in [4.78, 5) is 45.7. The van der Waals surface area contributed by atoms with Crippen LogP contribution in [-0.2, 0) is 23.9 Å². The van der Waals surface area contributed by atoms with Gasteiger partial charge in [0, 0.05) is 13.0 Å². The van der Waals surface area contributed by atoms with Crippen LogP contribution < -0.4 is 16.2 Å². The number of carbonyl (C=O) groups is 4. The predicted octanol–water partition coefficient (Wildman–Crippen LogP) is 0.987. The first-order valence-corrected chi connectivity index (χ1v) is 8.97. The summed E-state index contributed by atoms with van der Waals surface area (Å²) >= 11 is 0. The molecule has 3 amide bonds. The van der Waals surface area contributed by atoms with Crippen LogP contribution in [0.1, 0.15) is 47.0 Å². The minimum atomic E-state index is -0.725. The Morgan fingerprint density at radius 2 is 1.89 bits per heavy atom. The van der Waals surface area contributed by atoms with Crippen LogP contribution in [0.4, 0.5) is 4.79 Å². The van der Waals surface area contributed by atoms with Gasteiger partial charge in [-0.2, -0.15) is 0 Å². The van der Waals surface area contributed by atoms with E-state index >= 15 is 0 Å². The summed E-state index contributed by atoms with van der Waals surface area (Å²) in [5.41, 5.74) is 3.80. The fourth-order valence-corrected chi connectivity index (χ4v) is 2.27. The predicted molar refractivity (Wildman–Crippen MR) is 97.4 cm³/mol. The van der Waals surface area contributed by atoms with Crippen molar-refractivity contribution in [3.8, 4) is 0 Å². The maximum absolute atomic E-state index is 12.1. The summed E-state index contributed by atoms with van der Waals surface area (Å²) in [7, 11) is 0. The fourth-order valence-electron chi connectivity index (χ4n) is 2.27. The standard InChI is InChI=1S/C18H29N3O6/c1-12(14-9-8-13(11-22)26-14)16(24)19-10-6-5-7-15(23)20-21-17(25)27-18(2,3)4/h8-9,11-14H,5-7,10H2,1-4H3,(H,19,24)(H,20,23)(H,21,25). The topological polar surface area (TPSA) is 123 Å². The van der Waals surface area contributed by atoms with Gasteiger partial charge < -0.3 is 19.6 Å². The smallest absolute Gasteiger partial charge is 0.426 e. The van der Waals surface area contributed by atoms with Crippen molar-refractivity contribution in [3.05, 3.63) is 12.2 Å². The second-order valence-corrected chi connectivity index (χ2v) is 7.30. The molecule has 3 unspecified atom stereocenters. The van der Waals surface area contributed by atoms with E-state index < -0.39 is 29.8 Å². The van der Waals surface area contributed by atoms with Crippen LogP contribution in [0.3, 0.4) is 0 Å². The van der Waals surface area contributed by atoms with Gasteiger partial charge in [0.2, 0.25) is 11.8 Å². The number of hydrazine groups is 1. The minimum absolute atomic E-state index is 0.174. The van der Waals surface area contributed by atoms with Crippen LogP contribution in [0, 0.1) is 5.92 Å².